The Hall–Kier alpha value is -1.66. The average Bonchev–Trinajstić information content (AvgIpc) is 3.36. The molecule has 146 valence electrons. The van der Waals surface area contributed by atoms with Gasteiger partial charge in [0.2, 0.25) is 0 Å². The average molecular weight is 412 g/mol. The molecule has 0 N–H and O–H groups in total. The monoisotopic (exact) mass is 411 g/mol. The summed E-state index contributed by atoms with van der Waals surface area (Å²) < 4.78 is 2.35. The summed E-state index contributed by atoms with van der Waals surface area (Å²) in [7, 11) is 0. The van der Waals surface area contributed by atoms with Crippen LogP contribution >= 0.6 is 23.1 Å². The maximum absolute atomic E-state index is 13.0. The number of thiophene rings is 1. The number of fused-ring (bicyclic) bond motifs is 3. The molecule has 0 aliphatic heterocycles. The summed E-state index contributed by atoms with van der Waals surface area (Å²) in [6.07, 6.45) is 7.25. The molecule has 1 fully saturated rings. The zero-order valence-electron chi connectivity index (χ0n) is 16.7. The van der Waals surface area contributed by atoms with E-state index in [0.29, 0.717) is 11.8 Å². The van der Waals surface area contributed by atoms with Crippen molar-refractivity contribution in [1.29, 1.82) is 0 Å². The number of hydrogen-bond donors (Lipinski definition) is 0. The highest BCUT2D eigenvalue weighted by Crippen LogP contribution is 2.41. The van der Waals surface area contributed by atoms with Crippen LogP contribution < -0.4 is 0 Å². The number of aromatic nitrogens is 3. The Balaban J connectivity index is 1.44. The van der Waals surface area contributed by atoms with E-state index in [2.05, 4.69) is 29.5 Å². The summed E-state index contributed by atoms with van der Waals surface area (Å²) in [5.74, 6) is 1.44. The number of carbonyl (C=O) groups excluding carboxylic acids is 1. The van der Waals surface area contributed by atoms with Crippen LogP contribution in [0.25, 0.3) is 10.2 Å². The van der Waals surface area contributed by atoms with Crippen molar-refractivity contribution >= 4 is 39.1 Å². The topological polar surface area (TPSA) is 47.8 Å². The van der Waals surface area contributed by atoms with Gasteiger partial charge >= 0.3 is 0 Å². The standard InChI is InChI=1S/C22H25N3OS2/c1-12-10-17(13(2)25(12)15-8-9-15)18(26)11-27-21-20-16-6-4-5-7-19(16)28-22(20)24-14(3)23-21/h10,15H,4-9,11H2,1-3H3. The lowest BCUT2D eigenvalue weighted by molar-refractivity contribution is 0.102. The van der Waals surface area contributed by atoms with Gasteiger partial charge in [-0.05, 0) is 70.9 Å². The first-order valence-corrected chi connectivity index (χ1v) is 12.0. The van der Waals surface area contributed by atoms with Crippen molar-refractivity contribution < 1.29 is 4.79 Å². The molecule has 0 unspecified atom stereocenters. The van der Waals surface area contributed by atoms with Crippen LogP contribution in [0.4, 0.5) is 0 Å². The molecule has 0 radical (unpaired) electrons. The quantitative estimate of drug-likeness (QED) is 0.311. The summed E-state index contributed by atoms with van der Waals surface area (Å²) in [6, 6.07) is 2.68. The van der Waals surface area contributed by atoms with E-state index < -0.39 is 0 Å². The normalized spacial score (nSPS) is 16.5. The van der Waals surface area contributed by atoms with E-state index in [1.54, 1.807) is 11.8 Å². The number of aryl methyl sites for hydroxylation is 4. The zero-order valence-corrected chi connectivity index (χ0v) is 18.3. The molecular formula is C22H25N3OS2. The molecule has 2 aliphatic carbocycles. The highest BCUT2D eigenvalue weighted by molar-refractivity contribution is 8.00. The third kappa shape index (κ3) is 3.11. The van der Waals surface area contributed by atoms with Gasteiger partial charge in [-0.25, -0.2) is 9.97 Å². The second-order valence-corrected chi connectivity index (χ2v) is 10.1. The number of nitrogens with zero attached hydrogens (tertiary/aromatic N) is 3. The number of ketones is 1. The molecule has 3 heterocycles. The molecule has 2 aliphatic rings. The summed E-state index contributed by atoms with van der Waals surface area (Å²) >= 11 is 3.41. The highest BCUT2D eigenvalue weighted by Gasteiger charge is 2.28. The van der Waals surface area contributed by atoms with Gasteiger partial charge in [0.15, 0.2) is 5.78 Å². The number of carbonyl (C=O) groups is 1. The first-order valence-electron chi connectivity index (χ1n) is 10.2. The van der Waals surface area contributed by atoms with Crippen molar-refractivity contribution in [3.63, 3.8) is 0 Å². The van der Waals surface area contributed by atoms with Gasteiger partial charge in [0.1, 0.15) is 15.7 Å². The Kier molecular flexibility index (Phi) is 4.59. The molecule has 1 saturated carbocycles. The molecule has 3 aromatic rings. The molecule has 0 amide bonds. The highest BCUT2D eigenvalue weighted by atomic mass is 32.2. The first kappa shape index (κ1) is 18.4. The molecule has 3 aromatic heterocycles. The molecular weight excluding hydrogens is 386 g/mol. The van der Waals surface area contributed by atoms with E-state index in [0.717, 1.165) is 39.8 Å². The Bertz CT molecular complexity index is 1090. The van der Waals surface area contributed by atoms with Gasteiger partial charge in [-0.2, -0.15) is 0 Å². The van der Waals surface area contributed by atoms with E-state index in [4.69, 9.17) is 4.98 Å². The Labute approximate surface area is 173 Å². The van der Waals surface area contributed by atoms with Crippen LogP contribution in [0.2, 0.25) is 0 Å². The Morgan fingerprint density at radius 3 is 2.79 bits per heavy atom. The van der Waals surface area contributed by atoms with Crippen molar-refractivity contribution in [3.8, 4) is 0 Å². The lowest BCUT2D eigenvalue weighted by Gasteiger charge is -2.11. The largest absolute Gasteiger partial charge is 0.345 e. The van der Waals surface area contributed by atoms with Crippen LogP contribution in [-0.4, -0.2) is 26.1 Å². The molecule has 5 rings (SSSR count). The number of thioether (sulfide) groups is 1. The molecule has 28 heavy (non-hydrogen) atoms. The van der Waals surface area contributed by atoms with Gasteiger partial charge < -0.3 is 4.57 Å². The predicted molar refractivity (Wildman–Crippen MR) is 116 cm³/mol. The fraction of sp³-hybridized carbons (Fsp3) is 0.500. The second kappa shape index (κ2) is 6.99. The smallest absolute Gasteiger partial charge is 0.174 e. The second-order valence-electron chi connectivity index (χ2n) is 8.06. The molecule has 4 nitrogen and oxygen atoms in total. The van der Waals surface area contributed by atoms with Gasteiger partial charge in [0.05, 0.1) is 5.75 Å². The first-order chi connectivity index (χ1) is 13.5. The van der Waals surface area contributed by atoms with Crippen LogP contribution in [0, 0.1) is 20.8 Å². The van der Waals surface area contributed by atoms with E-state index in [1.165, 1.54) is 47.2 Å². The minimum absolute atomic E-state index is 0.207. The lowest BCUT2D eigenvalue weighted by atomic mass is 9.97. The number of hydrogen-bond acceptors (Lipinski definition) is 5. The lowest BCUT2D eigenvalue weighted by Crippen LogP contribution is -2.06. The molecule has 0 aromatic carbocycles. The van der Waals surface area contributed by atoms with Crippen molar-refractivity contribution in [3.05, 3.63) is 39.3 Å². The maximum Gasteiger partial charge on any atom is 0.174 e. The van der Waals surface area contributed by atoms with Crippen LogP contribution in [0.5, 0.6) is 0 Å². The van der Waals surface area contributed by atoms with Crippen LogP contribution in [0.1, 0.15) is 69.7 Å². The predicted octanol–water partition coefficient (Wildman–Crippen LogP) is 5.61. The van der Waals surface area contributed by atoms with Crippen molar-refractivity contribution in [2.75, 3.05) is 5.75 Å². The minimum Gasteiger partial charge on any atom is -0.345 e. The van der Waals surface area contributed by atoms with Gasteiger partial charge in [0.25, 0.3) is 0 Å². The Morgan fingerprint density at radius 2 is 2.00 bits per heavy atom. The summed E-state index contributed by atoms with van der Waals surface area (Å²) in [5, 5.41) is 2.21. The third-order valence-corrected chi connectivity index (χ3v) is 8.09. The van der Waals surface area contributed by atoms with E-state index in [-0.39, 0.29) is 5.78 Å². The van der Waals surface area contributed by atoms with E-state index in [9.17, 15) is 4.79 Å². The zero-order chi connectivity index (χ0) is 19.4. The fourth-order valence-corrected chi connectivity index (χ4v) is 6.85. The molecule has 0 bridgehead atoms. The summed E-state index contributed by atoms with van der Waals surface area (Å²) in [4.78, 5) is 25.0. The van der Waals surface area contributed by atoms with Gasteiger partial charge in [-0.1, -0.05) is 11.8 Å². The number of rotatable bonds is 5. The van der Waals surface area contributed by atoms with Gasteiger partial charge in [-0.15, -0.1) is 11.3 Å². The molecule has 0 saturated heterocycles. The van der Waals surface area contributed by atoms with Crippen molar-refractivity contribution in [1.82, 2.24) is 14.5 Å². The summed E-state index contributed by atoms with van der Waals surface area (Å²) in [5.41, 5.74) is 4.66. The molecule has 6 heteroatoms. The van der Waals surface area contributed by atoms with Gasteiger partial charge in [-0.3, -0.25) is 4.79 Å². The maximum atomic E-state index is 13.0. The van der Waals surface area contributed by atoms with Crippen LogP contribution in [0.15, 0.2) is 11.1 Å². The van der Waals surface area contributed by atoms with Crippen LogP contribution in [-0.2, 0) is 12.8 Å². The van der Waals surface area contributed by atoms with E-state index >= 15 is 0 Å². The minimum atomic E-state index is 0.207. The van der Waals surface area contributed by atoms with Crippen LogP contribution in [0.3, 0.4) is 0 Å². The molecule has 0 spiro atoms. The van der Waals surface area contributed by atoms with Gasteiger partial charge in [0, 0.05) is 33.3 Å². The number of Topliss-reactive ketones (excluding diaryl/α,β-unsaturated/α-hetero) is 1. The van der Waals surface area contributed by atoms with E-state index in [1.807, 2.05) is 18.3 Å². The molecule has 0 atom stereocenters. The fourth-order valence-electron chi connectivity index (χ4n) is 4.50. The third-order valence-electron chi connectivity index (χ3n) is 5.93. The summed E-state index contributed by atoms with van der Waals surface area (Å²) in [6.45, 7) is 6.16. The van der Waals surface area contributed by atoms with Crippen molar-refractivity contribution in [2.24, 2.45) is 0 Å². The van der Waals surface area contributed by atoms with Crippen molar-refractivity contribution in [2.45, 2.75) is 70.4 Å². The Morgan fingerprint density at radius 1 is 1.21 bits per heavy atom. The SMILES string of the molecule is Cc1nc(SCC(=O)c2cc(C)n(C3CC3)c2C)c2c3c(sc2n1)CCCC3.